The maximum Gasteiger partial charge on any atom is 0.191 e. The topological polar surface area (TPSA) is 56.7 Å². The summed E-state index contributed by atoms with van der Waals surface area (Å²) in [4.78, 5) is 7.60. The van der Waals surface area contributed by atoms with Crippen LogP contribution in [-0.4, -0.2) is 60.1 Å². The molecule has 1 unspecified atom stereocenters. The minimum absolute atomic E-state index is 0.437. The van der Waals surface area contributed by atoms with E-state index < -0.39 is 10.8 Å². The molecule has 1 aliphatic heterocycles. The number of aliphatic imine (C=N–C) groups is 1. The number of guanidine groups is 1. The molecule has 0 spiro atoms. The molecular formula is C19H30N4OS. The molecule has 0 bridgehead atoms. The van der Waals surface area contributed by atoms with Gasteiger partial charge in [-0.1, -0.05) is 30.4 Å². The molecular weight excluding hydrogens is 332 g/mol. The lowest BCUT2D eigenvalue weighted by Crippen LogP contribution is -2.49. The highest BCUT2D eigenvalue weighted by Gasteiger charge is 2.19. The zero-order valence-electron chi connectivity index (χ0n) is 15.3. The van der Waals surface area contributed by atoms with Crippen LogP contribution in [0.5, 0.6) is 0 Å². The van der Waals surface area contributed by atoms with Crippen molar-refractivity contribution in [2.24, 2.45) is 4.99 Å². The van der Waals surface area contributed by atoms with Crippen LogP contribution < -0.4 is 10.6 Å². The SMILES string of the molecule is C=C(C)CN1CCC(NC(=NC)NCCS(=O)c2ccccc2)CC1. The molecule has 1 aromatic carbocycles. The van der Waals surface area contributed by atoms with Crippen LogP contribution in [0, 0.1) is 0 Å². The summed E-state index contributed by atoms with van der Waals surface area (Å²) >= 11 is 0. The van der Waals surface area contributed by atoms with Gasteiger partial charge in [-0.05, 0) is 31.9 Å². The highest BCUT2D eigenvalue weighted by molar-refractivity contribution is 7.85. The molecule has 0 aromatic heterocycles. The summed E-state index contributed by atoms with van der Waals surface area (Å²) in [5.74, 6) is 1.37. The fourth-order valence-corrected chi connectivity index (χ4v) is 3.94. The van der Waals surface area contributed by atoms with Crippen molar-refractivity contribution in [2.45, 2.75) is 30.7 Å². The molecule has 0 radical (unpaired) electrons. The van der Waals surface area contributed by atoms with E-state index in [-0.39, 0.29) is 0 Å². The smallest absolute Gasteiger partial charge is 0.191 e. The van der Waals surface area contributed by atoms with Crippen molar-refractivity contribution < 1.29 is 4.21 Å². The average Bonchev–Trinajstić information content (AvgIpc) is 2.62. The molecule has 138 valence electrons. The number of nitrogens with zero attached hydrogens (tertiary/aromatic N) is 2. The molecule has 1 aliphatic rings. The summed E-state index contributed by atoms with van der Waals surface area (Å²) in [5, 5.41) is 6.76. The molecule has 0 saturated carbocycles. The third kappa shape index (κ3) is 7.00. The summed E-state index contributed by atoms with van der Waals surface area (Å²) in [6, 6.07) is 10.0. The van der Waals surface area contributed by atoms with Gasteiger partial charge in [-0.25, -0.2) is 0 Å². The van der Waals surface area contributed by atoms with Crippen LogP contribution >= 0.6 is 0 Å². The third-order valence-electron chi connectivity index (χ3n) is 4.23. The molecule has 0 amide bonds. The standard InChI is InChI=1S/C19H30N4OS/c1-16(2)15-23-12-9-17(10-13-23)22-19(20-3)21-11-14-25(24)18-7-5-4-6-8-18/h4-8,17H,1,9-15H2,2-3H3,(H2,20,21,22). The maximum atomic E-state index is 12.2. The van der Waals surface area contributed by atoms with Crippen molar-refractivity contribution in [3.05, 3.63) is 42.5 Å². The zero-order valence-corrected chi connectivity index (χ0v) is 16.1. The Morgan fingerprint density at radius 3 is 2.60 bits per heavy atom. The van der Waals surface area contributed by atoms with Gasteiger partial charge in [0.1, 0.15) is 0 Å². The van der Waals surface area contributed by atoms with Gasteiger partial charge >= 0.3 is 0 Å². The van der Waals surface area contributed by atoms with Gasteiger partial charge in [-0.3, -0.25) is 14.1 Å². The lowest BCUT2D eigenvalue weighted by atomic mass is 10.0. The molecule has 6 heteroatoms. The molecule has 1 heterocycles. The highest BCUT2D eigenvalue weighted by Crippen LogP contribution is 2.11. The van der Waals surface area contributed by atoms with Crippen LogP contribution in [0.1, 0.15) is 19.8 Å². The van der Waals surface area contributed by atoms with Crippen LogP contribution in [0.2, 0.25) is 0 Å². The predicted octanol–water partition coefficient (Wildman–Crippen LogP) is 2.00. The van der Waals surface area contributed by atoms with E-state index in [4.69, 9.17) is 0 Å². The molecule has 1 saturated heterocycles. The van der Waals surface area contributed by atoms with Crippen molar-refractivity contribution in [2.75, 3.05) is 39.0 Å². The van der Waals surface area contributed by atoms with E-state index >= 15 is 0 Å². The number of nitrogens with one attached hydrogen (secondary N) is 2. The minimum atomic E-state index is -0.979. The number of hydrogen-bond donors (Lipinski definition) is 2. The van der Waals surface area contributed by atoms with Gasteiger partial charge in [0, 0.05) is 49.9 Å². The van der Waals surface area contributed by atoms with E-state index in [1.54, 1.807) is 7.05 Å². The van der Waals surface area contributed by atoms with Gasteiger partial charge in [-0.15, -0.1) is 0 Å². The van der Waals surface area contributed by atoms with E-state index in [1.165, 1.54) is 5.57 Å². The first-order chi connectivity index (χ1) is 12.1. The van der Waals surface area contributed by atoms with Crippen LogP contribution in [0.3, 0.4) is 0 Å². The van der Waals surface area contributed by atoms with Gasteiger partial charge in [0.15, 0.2) is 5.96 Å². The molecule has 5 nitrogen and oxygen atoms in total. The largest absolute Gasteiger partial charge is 0.355 e. The van der Waals surface area contributed by atoms with Crippen LogP contribution in [0.25, 0.3) is 0 Å². The summed E-state index contributed by atoms with van der Waals surface area (Å²) < 4.78 is 12.2. The first-order valence-electron chi connectivity index (χ1n) is 8.86. The Morgan fingerprint density at radius 1 is 1.32 bits per heavy atom. The van der Waals surface area contributed by atoms with Crippen molar-refractivity contribution in [3.63, 3.8) is 0 Å². The second-order valence-corrected chi connectivity index (χ2v) is 8.08. The second kappa shape index (κ2) is 10.4. The molecule has 1 atom stereocenters. The van der Waals surface area contributed by atoms with Crippen LogP contribution in [0.15, 0.2) is 52.4 Å². The van der Waals surface area contributed by atoms with Gasteiger partial charge < -0.3 is 10.6 Å². The van der Waals surface area contributed by atoms with Crippen molar-refractivity contribution in [3.8, 4) is 0 Å². The third-order valence-corrected chi connectivity index (χ3v) is 5.60. The molecule has 0 aliphatic carbocycles. The maximum absolute atomic E-state index is 12.2. The monoisotopic (exact) mass is 362 g/mol. The van der Waals surface area contributed by atoms with E-state index in [0.29, 0.717) is 18.3 Å². The molecule has 2 rings (SSSR count). The summed E-state index contributed by atoms with van der Waals surface area (Å²) in [6.07, 6.45) is 2.20. The summed E-state index contributed by atoms with van der Waals surface area (Å²) in [5.41, 5.74) is 1.22. The van der Waals surface area contributed by atoms with Crippen molar-refractivity contribution >= 4 is 16.8 Å². The quantitative estimate of drug-likeness (QED) is 0.443. The normalized spacial score (nSPS) is 17.9. The minimum Gasteiger partial charge on any atom is -0.355 e. The Kier molecular flexibility index (Phi) is 8.15. The Morgan fingerprint density at radius 2 is 2.00 bits per heavy atom. The molecule has 25 heavy (non-hydrogen) atoms. The van der Waals surface area contributed by atoms with Gasteiger partial charge in [0.25, 0.3) is 0 Å². The molecule has 1 aromatic rings. The predicted molar refractivity (Wildman–Crippen MR) is 106 cm³/mol. The fourth-order valence-electron chi connectivity index (χ4n) is 2.96. The van der Waals surface area contributed by atoms with Gasteiger partial charge in [-0.2, -0.15) is 0 Å². The first-order valence-corrected chi connectivity index (χ1v) is 10.2. The lowest BCUT2D eigenvalue weighted by molar-refractivity contribution is 0.221. The second-order valence-electron chi connectivity index (χ2n) is 6.51. The number of piperidine rings is 1. The first kappa shape index (κ1) is 19.7. The number of hydrogen-bond acceptors (Lipinski definition) is 3. The highest BCUT2D eigenvalue weighted by atomic mass is 32.2. The van der Waals surface area contributed by atoms with Crippen molar-refractivity contribution in [1.29, 1.82) is 0 Å². The number of likely N-dealkylation sites (tertiary alicyclic amines) is 1. The molecule has 1 fully saturated rings. The molecule has 2 N–H and O–H groups in total. The lowest BCUT2D eigenvalue weighted by Gasteiger charge is -2.33. The fraction of sp³-hybridized carbons (Fsp3) is 0.526. The van der Waals surface area contributed by atoms with Crippen LogP contribution in [0.4, 0.5) is 0 Å². The summed E-state index contributed by atoms with van der Waals surface area (Å²) in [6.45, 7) is 9.86. The van der Waals surface area contributed by atoms with E-state index in [1.807, 2.05) is 30.3 Å². The Labute approximate surface area is 154 Å². The average molecular weight is 363 g/mol. The van der Waals surface area contributed by atoms with Crippen LogP contribution in [-0.2, 0) is 10.8 Å². The number of benzene rings is 1. The Bertz CT molecular complexity index is 595. The van der Waals surface area contributed by atoms with Gasteiger partial charge in [0.05, 0.1) is 10.8 Å². The van der Waals surface area contributed by atoms with Crippen molar-refractivity contribution in [1.82, 2.24) is 15.5 Å². The Balaban J connectivity index is 1.69. The zero-order chi connectivity index (χ0) is 18.1. The van der Waals surface area contributed by atoms with E-state index in [2.05, 4.69) is 34.0 Å². The number of rotatable bonds is 7. The van der Waals surface area contributed by atoms with E-state index in [9.17, 15) is 4.21 Å². The Hall–Kier alpha value is -1.66. The van der Waals surface area contributed by atoms with Gasteiger partial charge in [0.2, 0.25) is 0 Å². The van der Waals surface area contributed by atoms with E-state index in [0.717, 1.165) is 43.3 Å². The summed E-state index contributed by atoms with van der Waals surface area (Å²) in [7, 11) is 0.798.